The highest BCUT2D eigenvalue weighted by atomic mass is 35.5. The fourth-order valence-corrected chi connectivity index (χ4v) is 3.12. The van der Waals surface area contributed by atoms with Crippen molar-refractivity contribution in [3.8, 4) is 0 Å². The number of nitrogens with zero attached hydrogens (tertiary/aromatic N) is 4. The molecular weight excluding hydrogens is 324 g/mol. The Morgan fingerprint density at radius 1 is 1.33 bits per heavy atom. The van der Waals surface area contributed by atoms with Crippen molar-refractivity contribution in [1.82, 2.24) is 19.3 Å². The Morgan fingerprint density at radius 2 is 2.12 bits per heavy atom. The van der Waals surface area contributed by atoms with Crippen LogP contribution in [0, 0.1) is 6.92 Å². The summed E-state index contributed by atoms with van der Waals surface area (Å²) in [5.74, 6) is -0.0974. The van der Waals surface area contributed by atoms with Gasteiger partial charge in [-0.1, -0.05) is 24.6 Å². The minimum absolute atomic E-state index is 0.0946. The topological polar surface area (TPSA) is 50.5 Å². The SMILES string of the molecule is CC[C@H](c1ccccn1)N(C)C(=O)c1c(C)nc2ccc(Cl)cn12. The molecule has 124 valence electrons. The first kappa shape index (κ1) is 16.5. The fraction of sp³-hybridized carbons (Fsp3) is 0.278. The van der Waals surface area contributed by atoms with Gasteiger partial charge in [-0.3, -0.25) is 14.2 Å². The summed E-state index contributed by atoms with van der Waals surface area (Å²) < 4.78 is 1.75. The van der Waals surface area contributed by atoms with Gasteiger partial charge in [-0.15, -0.1) is 0 Å². The molecule has 3 aromatic rings. The van der Waals surface area contributed by atoms with Gasteiger partial charge in [-0.25, -0.2) is 4.98 Å². The molecule has 3 heterocycles. The molecule has 1 atom stereocenters. The van der Waals surface area contributed by atoms with E-state index in [1.54, 1.807) is 34.8 Å². The highest BCUT2D eigenvalue weighted by Gasteiger charge is 2.26. The average Bonchev–Trinajstić information content (AvgIpc) is 2.90. The predicted molar refractivity (Wildman–Crippen MR) is 94.3 cm³/mol. The van der Waals surface area contributed by atoms with E-state index >= 15 is 0 Å². The number of carbonyl (C=O) groups excluding carboxylic acids is 1. The van der Waals surface area contributed by atoms with Crippen LogP contribution in [0.15, 0.2) is 42.7 Å². The maximum atomic E-state index is 13.1. The summed E-state index contributed by atoms with van der Waals surface area (Å²) in [5, 5.41) is 0.563. The van der Waals surface area contributed by atoms with Crippen LogP contribution in [-0.4, -0.2) is 32.2 Å². The van der Waals surface area contributed by atoms with Crippen LogP contribution in [0.5, 0.6) is 0 Å². The first-order valence-electron chi connectivity index (χ1n) is 7.85. The van der Waals surface area contributed by atoms with E-state index in [9.17, 15) is 4.79 Å². The number of imidazole rings is 1. The van der Waals surface area contributed by atoms with E-state index in [1.165, 1.54) is 0 Å². The highest BCUT2D eigenvalue weighted by Crippen LogP contribution is 2.24. The number of halogens is 1. The number of aromatic nitrogens is 3. The van der Waals surface area contributed by atoms with Crippen molar-refractivity contribution in [1.29, 1.82) is 0 Å². The van der Waals surface area contributed by atoms with Crippen LogP contribution in [0.2, 0.25) is 5.02 Å². The molecule has 0 spiro atoms. The summed E-state index contributed by atoms with van der Waals surface area (Å²) in [6.45, 7) is 3.88. The van der Waals surface area contributed by atoms with E-state index in [1.807, 2.05) is 38.1 Å². The second-order valence-corrected chi connectivity index (χ2v) is 6.15. The van der Waals surface area contributed by atoms with E-state index in [2.05, 4.69) is 9.97 Å². The molecule has 0 bridgehead atoms. The minimum Gasteiger partial charge on any atom is -0.332 e. The third-order valence-electron chi connectivity index (χ3n) is 4.16. The first-order valence-corrected chi connectivity index (χ1v) is 8.23. The molecule has 0 saturated carbocycles. The zero-order valence-corrected chi connectivity index (χ0v) is 14.7. The molecular formula is C18H19ClN4O. The predicted octanol–water partition coefficient (Wildman–Crippen LogP) is 3.91. The molecule has 0 aliphatic carbocycles. The molecule has 6 heteroatoms. The quantitative estimate of drug-likeness (QED) is 0.722. The number of rotatable bonds is 4. The van der Waals surface area contributed by atoms with Crippen molar-refractivity contribution in [2.75, 3.05) is 7.05 Å². The molecule has 0 N–H and O–H groups in total. The standard InChI is InChI=1S/C18H19ClN4O/c1-4-15(14-7-5-6-10-20-14)22(3)18(24)17-12(2)21-16-9-8-13(19)11-23(16)17/h5-11,15H,4H2,1-3H3/t15-/m1/s1. The lowest BCUT2D eigenvalue weighted by atomic mass is 10.1. The summed E-state index contributed by atoms with van der Waals surface area (Å²) in [6.07, 6.45) is 4.24. The van der Waals surface area contributed by atoms with Crippen LogP contribution < -0.4 is 0 Å². The molecule has 3 rings (SSSR count). The molecule has 3 aromatic heterocycles. The molecule has 24 heavy (non-hydrogen) atoms. The Labute approximate surface area is 145 Å². The summed E-state index contributed by atoms with van der Waals surface area (Å²) in [4.78, 5) is 23.7. The molecule has 0 aliphatic rings. The van der Waals surface area contributed by atoms with Crippen LogP contribution in [0.4, 0.5) is 0 Å². The number of aryl methyl sites for hydroxylation is 1. The largest absolute Gasteiger partial charge is 0.332 e. The Hall–Kier alpha value is -2.40. The summed E-state index contributed by atoms with van der Waals surface area (Å²) in [7, 11) is 1.80. The van der Waals surface area contributed by atoms with E-state index in [0.717, 1.165) is 12.1 Å². The smallest absolute Gasteiger partial charge is 0.273 e. The van der Waals surface area contributed by atoms with Crippen LogP contribution in [0.3, 0.4) is 0 Å². The molecule has 5 nitrogen and oxygen atoms in total. The number of carbonyl (C=O) groups is 1. The van der Waals surface area contributed by atoms with Crippen molar-refractivity contribution in [2.24, 2.45) is 0 Å². The van der Waals surface area contributed by atoms with Gasteiger partial charge in [0.25, 0.3) is 5.91 Å². The zero-order chi connectivity index (χ0) is 17.3. The number of fused-ring (bicyclic) bond motifs is 1. The van der Waals surface area contributed by atoms with Gasteiger partial charge in [0.2, 0.25) is 0 Å². The summed E-state index contributed by atoms with van der Waals surface area (Å²) in [5.41, 5.74) is 2.80. The van der Waals surface area contributed by atoms with Gasteiger partial charge >= 0.3 is 0 Å². The third-order valence-corrected chi connectivity index (χ3v) is 4.39. The van der Waals surface area contributed by atoms with Crippen LogP contribution in [-0.2, 0) is 0 Å². The molecule has 0 radical (unpaired) electrons. The van der Waals surface area contributed by atoms with Gasteiger partial charge < -0.3 is 4.90 Å². The Bertz CT molecular complexity index is 875. The van der Waals surface area contributed by atoms with Crippen LogP contribution >= 0.6 is 11.6 Å². The molecule has 0 saturated heterocycles. The average molecular weight is 343 g/mol. The van der Waals surface area contributed by atoms with Gasteiger partial charge in [0.05, 0.1) is 22.5 Å². The first-order chi connectivity index (χ1) is 11.5. The lowest BCUT2D eigenvalue weighted by molar-refractivity contribution is 0.0715. The van der Waals surface area contributed by atoms with Crippen molar-refractivity contribution in [2.45, 2.75) is 26.3 Å². The second-order valence-electron chi connectivity index (χ2n) is 5.72. The van der Waals surface area contributed by atoms with Gasteiger partial charge in [0.15, 0.2) is 0 Å². The van der Waals surface area contributed by atoms with Crippen molar-refractivity contribution in [3.05, 3.63) is 64.8 Å². The van der Waals surface area contributed by atoms with Gasteiger partial charge in [0, 0.05) is 19.4 Å². The second kappa shape index (κ2) is 6.61. The van der Waals surface area contributed by atoms with E-state index in [0.29, 0.717) is 22.1 Å². The lowest BCUT2D eigenvalue weighted by Crippen LogP contribution is -2.32. The van der Waals surface area contributed by atoms with Gasteiger partial charge in [-0.05, 0) is 37.6 Å². The number of hydrogen-bond acceptors (Lipinski definition) is 3. The Balaban J connectivity index is 2.02. The van der Waals surface area contributed by atoms with E-state index in [4.69, 9.17) is 11.6 Å². The number of pyridine rings is 2. The van der Waals surface area contributed by atoms with Crippen LogP contribution in [0.25, 0.3) is 5.65 Å². The highest BCUT2D eigenvalue weighted by molar-refractivity contribution is 6.30. The fourth-order valence-electron chi connectivity index (χ4n) is 2.96. The van der Waals surface area contributed by atoms with E-state index in [-0.39, 0.29) is 11.9 Å². The molecule has 0 aromatic carbocycles. The van der Waals surface area contributed by atoms with Crippen molar-refractivity contribution >= 4 is 23.2 Å². The summed E-state index contributed by atoms with van der Waals surface area (Å²) in [6, 6.07) is 9.22. The number of hydrogen-bond donors (Lipinski definition) is 0. The Kier molecular flexibility index (Phi) is 4.53. The van der Waals surface area contributed by atoms with Gasteiger partial charge in [0.1, 0.15) is 11.3 Å². The maximum Gasteiger partial charge on any atom is 0.273 e. The normalized spacial score (nSPS) is 12.3. The van der Waals surface area contributed by atoms with Crippen molar-refractivity contribution in [3.63, 3.8) is 0 Å². The van der Waals surface area contributed by atoms with Gasteiger partial charge in [-0.2, -0.15) is 0 Å². The van der Waals surface area contributed by atoms with Crippen LogP contribution in [0.1, 0.15) is 41.3 Å². The monoisotopic (exact) mass is 342 g/mol. The minimum atomic E-state index is -0.0974. The van der Waals surface area contributed by atoms with E-state index < -0.39 is 0 Å². The molecule has 0 aliphatic heterocycles. The lowest BCUT2D eigenvalue weighted by Gasteiger charge is -2.27. The molecule has 0 unspecified atom stereocenters. The Morgan fingerprint density at radius 3 is 2.79 bits per heavy atom. The summed E-state index contributed by atoms with van der Waals surface area (Å²) >= 11 is 6.09. The zero-order valence-electron chi connectivity index (χ0n) is 13.9. The number of amides is 1. The third kappa shape index (κ3) is 2.87. The van der Waals surface area contributed by atoms with Crippen molar-refractivity contribution < 1.29 is 4.79 Å². The molecule has 0 fully saturated rings. The molecule has 1 amide bonds. The maximum absolute atomic E-state index is 13.1.